The summed E-state index contributed by atoms with van der Waals surface area (Å²) >= 11 is 0. The van der Waals surface area contributed by atoms with Crippen molar-refractivity contribution in [3.05, 3.63) is 11.6 Å². The van der Waals surface area contributed by atoms with Gasteiger partial charge in [-0.25, -0.2) is 9.86 Å². The Kier molecular flexibility index (Phi) is 4.84. The van der Waals surface area contributed by atoms with E-state index in [2.05, 4.69) is 11.4 Å². The summed E-state index contributed by atoms with van der Waals surface area (Å²) in [7, 11) is 1.60. The van der Waals surface area contributed by atoms with E-state index in [1.165, 1.54) is 55.6 Å². The monoisotopic (exact) mass is 292 g/mol. The summed E-state index contributed by atoms with van der Waals surface area (Å²) in [6, 6.07) is -0.0705. The Morgan fingerprint density at radius 2 is 2.33 bits per heavy atom. The van der Waals surface area contributed by atoms with Crippen LogP contribution in [0, 0.1) is 17.8 Å². The molecule has 4 heteroatoms. The Morgan fingerprint density at radius 1 is 1.43 bits per heavy atom. The van der Waals surface area contributed by atoms with Gasteiger partial charge in [0.2, 0.25) is 0 Å². The van der Waals surface area contributed by atoms with Gasteiger partial charge in [-0.2, -0.15) is 0 Å². The van der Waals surface area contributed by atoms with E-state index in [0.29, 0.717) is 5.92 Å². The Morgan fingerprint density at radius 3 is 2.95 bits per heavy atom. The van der Waals surface area contributed by atoms with Crippen LogP contribution in [0.4, 0.5) is 4.79 Å². The Labute approximate surface area is 127 Å². The van der Waals surface area contributed by atoms with Crippen LogP contribution in [0.5, 0.6) is 0 Å². The van der Waals surface area contributed by atoms with E-state index in [-0.39, 0.29) is 6.03 Å². The van der Waals surface area contributed by atoms with Gasteiger partial charge in [-0.15, -0.1) is 0 Å². The van der Waals surface area contributed by atoms with Crippen molar-refractivity contribution < 1.29 is 9.63 Å². The second kappa shape index (κ2) is 6.82. The maximum atomic E-state index is 12.2. The van der Waals surface area contributed by atoms with Crippen molar-refractivity contribution in [2.45, 2.75) is 51.4 Å². The molecular formula is C17H28N2O2. The van der Waals surface area contributed by atoms with Crippen LogP contribution in [0.1, 0.15) is 51.4 Å². The van der Waals surface area contributed by atoms with Crippen LogP contribution < -0.4 is 5.32 Å². The summed E-state index contributed by atoms with van der Waals surface area (Å²) < 4.78 is 0. The number of amides is 2. The molecule has 3 atom stereocenters. The zero-order valence-electron chi connectivity index (χ0n) is 13.1. The fraction of sp³-hybridized carbons (Fsp3) is 0.824. The van der Waals surface area contributed by atoms with E-state index in [1.807, 2.05) is 0 Å². The zero-order valence-corrected chi connectivity index (χ0v) is 13.1. The van der Waals surface area contributed by atoms with Crippen LogP contribution in [-0.4, -0.2) is 31.3 Å². The number of allylic oxidation sites excluding steroid dienone is 1. The maximum Gasteiger partial charge on any atom is 0.341 e. The first-order valence-corrected chi connectivity index (χ1v) is 8.53. The predicted octanol–water partition coefficient (Wildman–Crippen LogP) is 3.50. The summed E-state index contributed by atoms with van der Waals surface area (Å²) in [5, 5.41) is 4.54. The largest absolute Gasteiger partial charge is 0.341 e. The Balaban J connectivity index is 1.41. The summed E-state index contributed by atoms with van der Waals surface area (Å²) in [6.45, 7) is 1.48. The number of carbonyl (C=O) groups excluding carboxylic acids is 1. The number of hydroxylamine groups is 2. The molecular weight excluding hydrogens is 264 g/mol. The fourth-order valence-corrected chi connectivity index (χ4v) is 4.44. The second-order valence-electron chi connectivity index (χ2n) is 6.92. The average Bonchev–Trinajstić information content (AvgIpc) is 3.21. The number of hydrogen-bond acceptors (Lipinski definition) is 2. The number of carbonyl (C=O) groups is 1. The van der Waals surface area contributed by atoms with Gasteiger partial charge in [-0.1, -0.05) is 18.1 Å². The lowest BCUT2D eigenvalue weighted by atomic mass is 9.89. The average molecular weight is 292 g/mol. The molecule has 2 bridgehead atoms. The van der Waals surface area contributed by atoms with Gasteiger partial charge in [0.1, 0.15) is 0 Å². The van der Waals surface area contributed by atoms with Crippen molar-refractivity contribution in [2.75, 3.05) is 20.2 Å². The van der Waals surface area contributed by atoms with Crippen molar-refractivity contribution in [3.63, 3.8) is 0 Å². The van der Waals surface area contributed by atoms with Gasteiger partial charge in [0.15, 0.2) is 0 Å². The summed E-state index contributed by atoms with van der Waals surface area (Å²) in [5.74, 6) is 2.38. The van der Waals surface area contributed by atoms with Crippen LogP contribution in [0.15, 0.2) is 11.6 Å². The van der Waals surface area contributed by atoms with Crippen molar-refractivity contribution in [2.24, 2.45) is 17.8 Å². The first-order chi connectivity index (χ1) is 10.3. The molecule has 3 aliphatic carbocycles. The quantitative estimate of drug-likeness (QED) is 0.601. The number of hydrogen-bond donors (Lipinski definition) is 1. The van der Waals surface area contributed by atoms with Gasteiger partial charge in [0.05, 0.1) is 13.7 Å². The molecule has 3 rings (SSSR count). The molecule has 2 saturated carbocycles. The van der Waals surface area contributed by atoms with Gasteiger partial charge in [-0.05, 0) is 62.7 Å². The van der Waals surface area contributed by atoms with Crippen molar-refractivity contribution in [3.8, 4) is 0 Å². The van der Waals surface area contributed by atoms with Gasteiger partial charge < -0.3 is 5.32 Å². The van der Waals surface area contributed by atoms with Gasteiger partial charge >= 0.3 is 6.03 Å². The molecule has 0 aliphatic heterocycles. The first kappa shape index (κ1) is 14.9. The van der Waals surface area contributed by atoms with Crippen LogP contribution in [0.3, 0.4) is 0 Å². The number of fused-ring (bicyclic) bond motifs is 2. The third kappa shape index (κ3) is 3.60. The van der Waals surface area contributed by atoms with E-state index in [4.69, 9.17) is 4.84 Å². The lowest BCUT2D eigenvalue weighted by Gasteiger charge is -2.28. The number of rotatable bonds is 6. The van der Waals surface area contributed by atoms with E-state index >= 15 is 0 Å². The van der Waals surface area contributed by atoms with Crippen LogP contribution in [0.2, 0.25) is 0 Å². The van der Waals surface area contributed by atoms with Gasteiger partial charge in [0, 0.05) is 6.54 Å². The van der Waals surface area contributed by atoms with Gasteiger partial charge in [-0.3, -0.25) is 4.84 Å². The second-order valence-corrected chi connectivity index (χ2v) is 6.92. The SMILES string of the molecule is CON(CC1CC2CCC1C2)C(=O)NCCC1=CCCC1. The molecule has 1 N–H and O–H groups in total. The maximum absolute atomic E-state index is 12.2. The number of urea groups is 1. The molecule has 0 aromatic heterocycles. The fourth-order valence-electron chi connectivity index (χ4n) is 4.44. The third-order valence-electron chi connectivity index (χ3n) is 5.59. The molecule has 0 heterocycles. The lowest BCUT2D eigenvalue weighted by Crippen LogP contribution is -2.43. The highest BCUT2D eigenvalue weighted by atomic mass is 16.7. The highest BCUT2D eigenvalue weighted by molar-refractivity contribution is 5.73. The molecule has 21 heavy (non-hydrogen) atoms. The third-order valence-corrected chi connectivity index (χ3v) is 5.59. The zero-order chi connectivity index (χ0) is 14.7. The molecule has 4 nitrogen and oxygen atoms in total. The molecule has 2 amide bonds. The van der Waals surface area contributed by atoms with Crippen LogP contribution in [-0.2, 0) is 4.84 Å². The Hall–Kier alpha value is -1.03. The molecule has 2 fully saturated rings. The normalized spacial score (nSPS) is 30.5. The highest BCUT2D eigenvalue weighted by Gasteiger charge is 2.40. The van der Waals surface area contributed by atoms with Gasteiger partial charge in [0.25, 0.3) is 0 Å². The van der Waals surface area contributed by atoms with Crippen molar-refractivity contribution in [1.82, 2.24) is 10.4 Å². The number of nitrogens with zero attached hydrogens (tertiary/aromatic N) is 1. The van der Waals surface area contributed by atoms with Crippen molar-refractivity contribution in [1.29, 1.82) is 0 Å². The number of nitrogens with one attached hydrogen (secondary N) is 1. The van der Waals surface area contributed by atoms with E-state index in [9.17, 15) is 4.79 Å². The summed E-state index contributed by atoms with van der Waals surface area (Å²) in [4.78, 5) is 17.5. The van der Waals surface area contributed by atoms with E-state index < -0.39 is 0 Å². The predicted molar refractivity (Wildman–Crippen MR) is 82.6 cm³/mol. The summed E-state index contributed by atoms with van der Waals surface area (Å²) in [6.07, 6.45) is 12.4. The molecule has 0 aromatic carbocycles. The smallest absolute Gasteiger partial charge is 0.336 e. The molecule has 0 aromatic rings. The van der Waals surface area contributed by atoms with Crippen LogP contribution in [0.25, 0.3) is 0 Å². The van der Waals surface area contributed by atoms with Crippen LogP contribution >= 0.6 is 0 Å². The highest BCUT2D eigenvalue weighted by Crippen LogP contribution is 2.48. The summed E-state index contributed by atoms with van der Waals surface area (Å²) in [5.41, 5.74) is 1.49. The molecule has 3 aliphatic rings. The minimum atomic E-state index is -0.0705. The lowest BCUT2D eigenvalue weighted by molar-refractivity contribution is -0.0986. The molecule has 0 radical (unpaired) electrons. The standard InChI is InChI=1S/C17H28N2O2/c1-21-19(12-16-11-14-6-7-15(16)10-14)17(20)18-9-8-13-4-2-3-5-13/h4,14-16H,2-3,5-12H2,1H3,(H,18,20). The molecule has 3 unspecified atom stereocenters. The first-order valence-electron chi connectivity index (χ1n) is 8.53. The topological polar surface area (TPSA) is 41.6 Å². The minimum absolute atomic E-state index is 0.0705. The molecule has 118 valence electrons. The Bertz CT molecular complexity index is 408. The molecule has 0 spiro atoms. The minimum Gasteiger partial charge on any atom is -0.336 e. The van der Waals surface area contributed by atoms with E-state index in [0.717, 1.165) is 31.3 Å². The van der Waals surface area contributed by atoms with E-state index in [1.54, 1.807) is 7.11 Å². The van der Waals surface area contributed by atoms with Crippen molar-refractivity contribution >= 4 is 6.03 Å². The molecule has 0 saturated heterocycles.